The fourth-order valence-corrected chi connectivity index (χ4v) is 1.03. The zero-order chi connectivity index (χ0) is 13.6. The molecule has 3 N–H and O–H groups in total. The highest BCUT2D eigenvalue weighted by Gasteiger charge is 2.19. The molecule has 0 aliphatic carbocycles. The normalized spacial score (nSPS) is 12.7. The summed E-state index contributed by atoms with van der Waals surface area (Å²) in [6.45, 7) is 2.58. The highest BCUT2D eigenvalue weighted by Crippen LogP contribution is 1.98. The van der Waals surface area contributed by atoms with E-state index in [1.807, 2.05) is 0 Å². The number of rotatable bonds is 6. The molecule has 1 atom stereocenters. The number of amides is 2. The summed E-state index contributed by atoms with van der Waals surface area (Å²) in [5, 5.41) is 2.32. The van der Waals surface area contributed by atoms with E-state index in [0.717, 1.165) is 4.90 Å². The first-order chi connectivity index (χ1) is 7.75. The number of nitrogens with zero attached hydrogens (tertiary/aromatic N) is 1. The summed E-state index contributed by atoms with van der Waals surface area (Å²) in [7, 11) is 1.25. The Hall–Kier alpha value is -1.24. The van der Waals surface area contributed by atoms with Gasteiger partial charge < -0.3 is 16.0 Å². The smallest absolute Gasteiger partial charge is 0.255 e. The second-order valence-electron chi connectivity index (χ2n) is 4.15. The Morgan fingerprint density at radius 3 is 2.29 bits per heavy atom. The number of halogens is 2. The van der Waals surface area contributed by atoms with Gasteiger partial charge in [0.15, 0.2) is 0 Å². The number of hydrogen-bond donors (Lipinski definition) is 2. The number of hydrogen-bond acceptors (Lipinski definition) is 3. The van der Waals surface area contributed by atoms with Crippen LogP contribution in [0.25, 0.3) is 0 Å². The van der Waals surface area contributed by atoms with Crippen molar-refractivity contribution in [3.05, 3.63) is 0 Å². The van der Waals surface area contributed by atoms with Gasteiger partial charge in [-0.15, -0.1) is 0 Å². The monoisotopic (exact) mass is 251 g/mol. The SMILES string of the molecule is CC(C)[C@H](N)C(=O)NCC(=O)N(C)CC(F)F. The van der Waals surface area contributed by atoms with Crippen LogP contribution in [0, 0.1) is 5.92 Å². The largest absolute Gasteiger partial charge is 0.346 e. The van der Waals surface area contributed by atoms with Crippen LogP contribution in [0.1, 0.15) is 13.8 Å². The number of nitrogens with one attached hydrogen (secondary N) is 1. The summed E-state index contributed by atoms with van der Waals surface area (Å²) >= 11 is 0. The van der Waals surface area contributed by atoms with Crippen molar-refractivity contribution in [1.82, 2.24) is 10.2 Å². The van der Waals surface area contributed by atoms with Gasteiger partial charge in [-0.25, -0.2) is 8.78 Å². The molecule has 7 heteroatoms. The van der Waals surface area contributed by atoms with Gasteiger partial charge >= 0.3 is 0 Å². The maximum Gasteiger partial charge on any atom is 0.255 e. The summed E-state index contributed by atoms with van der Waals surface area (Å²) in [6.07, 6.45) is -2.59. The average molecular weight is 251 g/mol. The van der Waals surface area contributed by atoms with Crippen molar-refractivity contribution < 1.29 is 18.4 Å². The zero-order valence-corrected chi connectivity index (χ0v) is 10.2. The maximum absolute atomic E-state index is 12.0. The summed E-state index contributed by atoms with van der Waals surface area (Å²) in [6, 6.07) is -0.705. The van der Waals surface area contributed by atoms with Crippen LogP contribution in [-0.4, -0.2) is 49.3 Å². The van der Waals surface area contributed by atoms with Gasteiger partial charge in [0.25, 0.3) is 6.43 Å². The van der Waals surface area contributed by atoms with E-state index in [4.69, 9.17) is 5.73 Å². The lowest BCUT2D eigenvalue weighted by atomic mass is 10.1. The van der Waals surface area contributed by atoms with Crippen molar-refractivity contribution in [3.8, 4) is 0 Å². The topological polar surface area (TPSA) is 75.4 Å². The van der Waals surface area contributed by atoms with Crippen LogP contribution in [0.2, 0.25) is 0 Å². The van der Waals surface area contributed by atoms with Gasteiger partial charge in [-0.1, -0.05) is 13.8 Å². The molecule has 0 heterocycles. The van der Waals surface area contributed by atoms with Gasteiger partial charge in [-0.2, -0.15) is 0 Å². The quantitative estimate of drug-likeness (QED) is 0.687. The number of carbonyl (C=O) groups is 2. The molecule has 0 saturated carbocycles. The lowest BCUT2D eigenvalue weighted by molar-refractivity contribution is -0.133. The van der Waals surface area contributed by atoms with E-state index in [2.05, 4.69) is 5.32 Å². The van der Waals surface area contributed by atoms with Crippen molar-refractivity contribution in [2.75, 3.05) is 20.1 Å². The molecule has 0 radical (unpaired) electrons. The highest BCUT2D eigenvalue weighted by molar-refractivity contribution is 5.87. The van der Waals surface area contributed by atoms with Crippen LogP contribution in [0.5, 0.6) is 0 Å². The van der Waals surface area contributed by atoms with Crippen LogP contribution < -0.4 is 11.1 Å². The molecule has 0 unspecified atom stereocenters. The van der Waals surface area contributed by atoms with Gasteiger partial charge in [0.2, 0.25) is 11.8 Å². The molecule has 0 aliphatic heterocycles. The number of alkyl halides is 2. The second kappa shape index (κ2) is 7.16. The molecule has 0 saturated heterocycles. The van der Waals surface area contributed by atoms with Crippen molar-refractivity contribution in [3.63, 3.8) is 0 Å². The van der Waals surface area contributed by atoms with E-state index in [-0.39, 0.29) is 12.5 Å². The molecule has 0 fully saturated rings. The number of carbonyl (C=O) groups excluding carboxylic acids is 2. The maximum atomic E-state index is 12.0. The molecule has 0 aliphatic rings. The summed E-state index contributed by atoms with van der Waals surface area (Å²) in [5.74, 6) is -1.09. The molecule has 0 spiro atoms. The third-order valence-electron chi connectivity index (χ3n) is 2.27. The standard InChI is InChI=1S/C10H19F2N3O2/c1-6(2)9(13)10(17)14-4-8(16)15(3)5-7(11)12/h6-7,9H,4-5,13H2,1-3H3,(H,14,17)/t9-/m0/s1. The first-order valence-electron chi connectivity index (χ1n) is 5.31. The number of likely N-dealkylation sites (N-methyl/N-ethyl adjacent to an activating group) is 1. The average Bonchev–Trinajstić information content (AvgIpc) is 2.22. The Kier molecular flexibility index (Phi) is 6.64. The molecule has 17 heavy (non-hydrogen) atoms. The predicted octanol–water partition coefficient (Wildman–Crippen LogP) is -0.191. The minimum atomic E-state index is -2.59. The van der Waals surface area contributed by atoms with E-state index in [1.54, 1.807) is 13.8 Å². The van der Waals surface area contributed by atoms with E-state index in [1.165, 1.54) is 7.05 Å². The van der Waals surface area contributed by atoms with Crippen LogP contribution in [-0.2, 0) is 9.59 Å². The highest BCUT2D eigenvalue weighted by atomic mass is 19.3. The lowest BCUT2D eigenvalue weighted by Crippen LogP contribution is -2.47. The Labute approximate surface area is 99.3 Å². The van der Waals surface area contributed by atoms with Crippen molar-refractivity contribution in [2.45, 2.75) is 26.3 Å². The molecule has 5 nitrogen and oxygen atoms in total. The van der Waals surface area contributed by atoms with Gasteiger partial charge in [-0.05, 0) is 5.92 Å². The Balaban J connectivity index is 4.03. The van der Waals surface area contributed by atoms with Crippen molar-refractivity contribution >= 4 is 11.8 Å². The molecule has 100 valence electrons. The molecular formula is C10H19F2N3O2. The van der Waals surface area contributed by atoms with Crippen molar-refractivity contribution in [2.24, 2.45) is 11.7 Å². The van der Waals surface area contributed by atoms with E-state index in [9.17, 15) is 18.4 Å². The molecule has 0 aromatic rings. The molecule has 2 amide bonds. The van der Waals surface area contributed by atoms with Gasteiger partial charge in [0, 0.05) is 7.05 Å². The molecule has 0 rings (SSSR count). The molecule has 0 bridgehead atoms. The Bertz CT molecular complexity index is 272. The lowest BCUT2D eigenvalue weighted by Gasteiger charge is -2.19. The minimum absolute atomic E-state index is 0.0519. The van der Waals surface area contributed by atoms with E-state index >= 15 is 0 Å². The zero-order valence-electron chi connectivity index (χ0n) is 10.2. The fraction of sp³-hybridized carbons (Fsp3) is 0.800. The molecule has 0 aromatic carbocycles. The van der Waals surface area contributed by atoms with Crippen LogP contribution in [0.15, 0.2) is 0 Å². The Morgan fingerprint density at radius 2 is 1.88 bits per heavy atom. The summed E-state index contributed by atoms with van der Waals surface area (Å²) in [4.78, 5) is 23.6. The third-order valence-corrected chi connectivity index (χ3v) is 2.27. The van der Waals surface area contributed by atoms with Gasteiger partial charge in [-0.3, -0.25) is 9.59 Å². The summed E-state index contributed by atoms with van der Waals surface area (Å²) in [5.41, 5.74) is 5.55. The van der Waals surface area contributed by atoms with E-state index < -0.39 is 30.8 Å². The first kappa shape index (κ1) is 15.8. The van der Waals surface area contributed by atoms with Gasteiger partial charge in [0.05, 0.1) is 19.1 Å². The van der Waals surface area contributed by atoms with Crippen LogP contribution in [0.3, 0.4) is 0 Å². The Morgan fingerprint density at radius 1 is 1.35 bits per heavy atom. The van der Waals surface area contributed by atoms with Crippen LogP contribution in [0.4, 0.5) is 8.78 Å². The molecule has 0 aromatic heterocycles. The van der Waals surface area contributed by atoms with E-state index in [0.29, 0.717) is 0 Å². The third kappa shape index (κ3) is 6.15. The molecular weight excluding hydrogens is 232 g/mol. The first-order valence-corrected chi connectivity index (χ1v) is 5.31. The van der Waals surface area contributed by atoms with Crippen molar-refractivity contribution in [1.29, 1.82) is 0 Å². The predicted molar refractivity (Wildman–Crippen MR) is 59.5 cm³/mol. The number of nitrogens with two attached hydrogens (primary N) is 1. The second-order valence-corrected chi connectivity index (χ2v) is 4.15. The van der Waals surface area contributed by atoms with Gasteiger partial charge in [0.1, 0.15) is 0 Å². The summed E-state index contributed by atoms with van der Waals surface area (Å²) < 4.78 is 24.0. The minimum Gasteiger partial charge on any atom is -0.346 e. The fourth-order valence-electron chi connectivity index (χ4n) is 1.03. The van der Waals surface area contributed by atoms with Crippen LogP contribution >= 0.6 is 0 Å².